The van der Waals surface area contributed by atoms with Gasteiger partial charge in [0.05, 0.1) is 24.2 Å². The number of aromatic nitrogens is 1. The minimum atomic E-state index is -0.343. The zero-order chi connectivity index (χ0) is 26.6. The van der Waals surface area contributed by atoms with Crippen LogP contribution in [-0.4, -0.2) is 54.7 Å². The summed E-state index contributed by atoms with van der Waals surface area (Å²) in [6, 6.07) is 4.05. The third-order valence-electron chi connectivity index (χ3n) is 9.01. The van der Waals surface area contributed by atoms with E-state index in [1.165, 1.54) is 39.5 Å². The minimum Gasteiger partial charge on any atom is -0.496 e. The number of halogens is 1. The van der Waals surface area contributed by atoms with Gasteiger partial charge in [0, 0.05) is 36.0 Å². The fraction of sp³-hybridized carbons (Fsp3) is 0.586. The number of nitrogens with zero attached hydrogens (tertiary/aromatic N) is 1. The molecule has 8 nitrogen and oxygen atoms in total. The third-order valence-corrected chi connectivity index (χ3v) is 9.29. The summed E-state index contributed by atoms with van der Waals surface area (Å²) in [7, 11) is 1.50. The smallest absolute Gasteiger partial charge is 0.256 e. The molecule has 1 aromatic heterocycles. The maximum Gasteiger partial charge on any atom is 0.256 e. The van der Waals surface area contributed by atoms with E-state index in [1.54, 1.807) is 19.1 Å². The molecule has 2 aliphatic heterocycles. The Morgan fingerprint density at radius 3 is 2.58 bits per heavy atom. The van der Waals surface area contributed by atoms with Gasteiger partial charge in [-0.25, -0.2) is 0 Å². The summed E-state index contributed by atoms with van der Waals surface area (Å²) in [5.41, 5.74) is 1.83. The van der Waals surface area contributed by atoms with Gasteiger partial charge in [0.2, 0.25) is 0 Å². The Kier molecular flexibility index (Phi) is 6.80. The Bertz CT molecular complexity index is 1290. The first-order valence-electron chi connectivity index (χ1n) is 13.7. The maximum absolute atomic E-state index is 13.2. The molecule has 2 unspecified atom stereocenters. The number of ether oxygens (including phenoxy) is 3. The Hall–Kier alpha value is -2.71. The Balaban J connectivity index is 1.13. The number of hydrogen-bond donors (Lipinski definition) is 2. The Morgan fingerprint density at radius 1 is 1.13 bits per heavy atom. The first kappa shape index (κ1) is 25.6. The molecule has 1 aromatic carbocycles. The number of H-pyrrole nitrogens is 1. The zero-order valence-corrected chi connectivity index (χ0v) is 23.0. The van der Waals surface area contributed by atoms with E-state index in [0.29, 0.717) is 63.2 Å². The number of nitrogens with one attached hydrogen (secondary N) is 2. The van der Waals surface area contributed by atoms with E-state index >= 15 is 0 Å². The first-order chi connectivity index (χ1) is 18.3. The number of rotatable bonds is 6. The van der Waals surface area contributed by atoms with Crippen LogP contribution < -0.4 is 25.1 Å². The van der Waals surface area contributed by atoms with Crippen LogP contribution in [0.5, 0.6) is 17.2 Å². The van der Waals surface area contributed by atoms with Crippen molar-refractivity contribution in [2.75, 3.05) is 26.8 Å². The topological polar surface area (TPSA) is 92.9 Å². The van der Waals surface area contributed by atoms with Gasteiger partial charge in [0.15, 0.2) is 11.5 Å². The fourth-order valence-electron chi connectivity index (χ4n) is 6.67. The molecule has 3 fully saturated rings. The zero-order valence-electron chi connectivity index (χ0n) is 22.3. The largest absolute Gasteiger partial charge is 0.496 e. The number of benzene rings is 1. The van der Waals surface area contributed by atoms with Crippen LogP contribution >= 0.6 is 11.6 Å². The van der Waals surface area contributed by atoms with Crippen LogP contribution in [0.2, 0.25) is 5.02 Å². The average Bonchev–Trinajstić information content (AvgIpc) is 3.53. The monoisotopic (exact) mass is 541 g/mol. The van der Waals surface area contributed by atoms with E-state index in [-0.39, 0.29) is 24.1 Å². The van der Waals surface area contributed by atoms with E-state index < -0.39 is 0 Å². The highest BCUT2D eigenvalue weighted by atomic mass is 35.5. The van der Waals surface area contributed by atoms with E-state index in [1.807, 2.05) is 6.92 Å². The van der Waals surface area contributed by atoms with Crippen molar-refractivity contribution >= 4 is 17.5 Å². The average molecular weight is 542 g/mol. The summed E-state index contributed by atoms with van der Waals surface area (Å²) in [6.07, 6.45) is 6.05. The second-order valence-corrected chi connectivity index (χ2v) is 11.9. The van der Waals surface area contributed by atoms with Gasteiger partial charge in [0.25, 0.3) is 11.5 Å². The molecule has 9 heteroatoms. The highest BCUT2D eigenvalue weighted by Gasteiger charge is 2.47. The standard InChI is InChI=1S/C29H36ClN3O5/c1-15-8-24(36-3)22(29(35)32-15)11-31-28(34)21-10-23(30)27-26(16(21)2)38-25(14-37-27)17-4-6-20(7-5-17)33-12-18-9-19(18)13-33/h8,10,17-20,25H,4-7,9,11-14H2,1-3H3,(H,31,34)(H,32,35)/t17?,18?,19?,20?,25-/m1/s1. The number of aromatic amines is 1. The van der Waals surface area contributed by atoms with Crippen molar-refractivity contribution in [1.82, 2.24) is 15.2 Å². The molecule has 0 radical (unpaired) electrons. The van der Waals surface area contributed by atoms with Crippen molar-refractivity contribution in [1.29, 1.82) is 0 Å². The van der Waals surface area contributed by atoms with Crippen LogP contribution in [0.3, 0.4) is 0 Å². The van der Waals surface area contributed by atoms with E-state index in [9.17, 15) is 9.59 Å². The number of amides is 1. The lowest BCUT2D eigenvalue weighted by Crippen LogP contribution is -2.43. The van der Waals surface area contributed by atoms with Gasteiger partial charge in [-0.2, -0.15) is 0 Å². The summed E-state index contributed by atoms with van der Waals surface area (Å²) >= 11 is 6.55. The summed E-state index contributed by atoms with van der Waals surface area (Å²) < 4.78 is 18.0. The molecule has 204 valence electrons. The van der Waals surface area contributed by atoms with Crippen LogP contribution in [0.15, 0.2) is 16.9 Å². The lowest BCUT2D eigenvalue weighted by atomic mass is 9.82. The number of piperidine rings is 1. The summed E-state index contributed by atoms with van der Waals surface area (Å²) in [6.45, 7) is 6.71. The molecule has 2 aromatic rings. The van der Waals surface area contributed by atoms with E-state index in [0.717, 1.165) is 24.7 Å². The first-order valence-corrected chi connectivity index (χ1v) is 14.1. The second-order valence-electron chi connectivity index (χ2n) is 11.4. The number of hydrogen-bond acceptors (Lipinski definition) is 6. The quantitative estimate of drug-likeness (QED) is 0.568. The lowest BCUT2D eigenvalue weighted by molar-refractivity contribution is 0.0207. The normalized spacial score (nSPS) is 28.1. The SMILES string of the molecule is COc1cc(C)[nH]c(=O)c1CNC(=O)c1cc(Cl)c2c(c1C)O[C@@H](C1CCC(N3CC4CC4C3)CC1)CO2. The van der Waals surface area contributed by atoms with Crippen LogP contribution in [0.25, 0.3) is 0 Å². The number of likely N-dealkylation sites (tertiary alicyclic amines) is 1. The van der Waals surface area contributed by atoms with Gasteiger partial charge >= 0.3 is 0 Å². The van der Waals surface area contributed by atoms with E-state index in [2.05, 4.69) is 15.2 Å². The molecular weight excluding hydrogens is 506 g/mol. The highest BCUT2D eigenvalue weighted by molar-refractivity contribution is 6.32. The molecule has 6 rings (SSSR count). The molecule has 1 amide bonds. The molecular formula is C29H36ClN3O5. The molecule has 38 heavy (non-hydrogen) atoms. The van der Waals surface area contributed by atoms with Crippen LogP contribution in [-0.2, 0) is 6.54 Å². The molecule has 0 bridgehead atoms. The van der Waals surface area contributed by atoms with Gasteiger partial charge in [-0.05, 0) is 75.8 Å². The lowest BCUT2D eigenvalue weighted by Gasteiger charge is -2.39. The van der Waals surface area contributed by atoms with Crippen molar-refractivity contribution < 1.29 is 19.0 Å². The highest BCUT2D eigenvalue weighted by Crippen LogP contribution is 2.48. The second kappa shape index (κ2) is 10.1. The van der Waals surface area contributed by atoms with Gasteiger partial charge < -0.3 is 24.5 Å². The van der Waals surface area contributed by atoms with Crippen molar-refractivity contribution in [3.05, 3.63) is 49.9 Å². The van der Waals surface area contributed by atoms with Crippen LogP contribution in [0.1, 0.15) is 59.3 Å². The summed E-state index contributed by atoms with van der Waals surface area (Å²) in [4.78, 5) is 31.1. The summed E-state index contributed by atoms with van der Waals surface area (Å²) in [5.74, 6) is 3.50. The van der Waals surface area contributed by atoms with Gasteiger partial charge in [0.1, 0.15) is 18.5 Å². The predicted molar refractivity (Wildman–Crippen MR) is 145 cm³/mol. The molecule has 3 heterocycles. The predicted octanol–water partition coefficient (Wildman–Crippen LogP) is 4.23. The van der Waals surface area contributed by atoms with E-state index in [4.69, 9.17) is 25.8 Å². The molecule has 2 aliphatic carbocycles. The molecule has 4 aliphatic rings. The number of fused-ring (bicyclic) bond motifs is 2. The van der Waals surface area contributed by atoms with Crippen LogP contribution in [0, 0.1) is 31.6 Å². The fourth-order valence-corrected chi connectivity index (χ4v) is 6.92. The van der Waals surface area contributed by atoms with Crippen molar-refractivity contribution in [2.24, 2.45) is 17.8 Å². The Morgan fingerprint density at radius 2 is 1.87 bits per heavy atom. The van der Waals surface area contributed by atoms with Crippen molar-refractivity contribution in [3.63, 3.8) is 0 Å². The molecule has 3 atom stereocenters. The molecule has 2 N–H and O–H groups in total. The van der Waals surface area contributed by atoms with Crippen molar-refractivity contribution in [3.8, 4) is 17.2 Å². The summed E-state index contributed by atoms with van der Waals surface area (Å²) in [5, 5.41) is 3.18. The number of pyridine rings is 1. The molecule has 0 spiro atoms. The van der Waals surface area contributed by atoms with Gasteiger partial charge in [-0.1, -0.05) is 11.6 Å². The minimum absolute atomic E-state index is 0.0213. The molecule has 2 saturated carbocycles. The number of carbonyl (C=O) groups excluding carboxylic acids is 1. The number of methoxy groups -OCH3 is 1. The van der Waals surface area contributed by atoms with Crippen molar-refractivity contribution in [2.45, 2.75) is 64.6 Å². The maximum atomic E-state index is 13.2. The van der Waals surface area contributed by atoms with Gasteiger partial charge in [-0.15, -0.1) is 0 Å². The third kappa shape index (κ3) is 4.77. The Labute approximate surface area is 228 Å². The molecule has 1 saturated heterocycles. The number of aryl methyl sites for hydroxylation is 1. The van der Waals surface area contributed by atoms with Crippen LogP contribution in [0.4, 0.5) is 0 Å². The number of carbonyl (C=O) groups is 1. The van der Waals surface area contributed by atoms with Gasteiger partial charge in [-0.3, -0.25) is 14.5 Å².